The first-order valence-corrected chi connectivity index (χ1v) is 6.46. The van der Waals surface area contributed by atoms with Gasteiger partial charge in [0.05, 0.1) is 17.1 Å². The van der Waals surface area contributed by atoms with Gasteiger partial charge in [0.15, 0.2) is 0 Å². The molecule has 5 nitrogen and oxygen atoms in total. The van der Waals surface area contributed by atoms with Gasteiger partial charge in [0.2, 0.25) is 0 Å². The molecule has 0 aliphatic rings. The van der Waals surface area contributed by atoms with Crippen molar-refractivity contribution >= 4 is 17.1 Å². The first-order valence-electron chi connectivity index (χ1n) is 6.46. The van der Waals surface area contributed by atoms with E-state index in [1.54, 1.807) is 0 Å². The minimum absolute atomic E-state index is 0.614. The lowest BCUT2D eigenvalue weighted by Gasteiger charge is -2.09. The second-order valence-corrected chi connectivity index (χ2v) is 4.77. The van der Waals surface area contributed by atoms with Crippen LogP contribution in [0.3, 0.4) is 0 Å². The quantitative estimate of drug-likeness (QED) is 0.567. The van der Waals surface area contributed by atoms with Gasteiger partial charge in [-0.15, -0.1) is 0 Å². The Morgan fingerprint density at radius 3 is 2.58 bits per heavy atom. The molecule has 5 heteroatoms. The minimum atomic E-state index is 0.614. The Balaban J connectivity index is 1.80. The summed E-state index contributed by atoms with van der Waals surface area (Å²) in [7, 11) is 0. The number of aromatic nitrogens is 2. The van der Waals surface area contributed by atoms with Crippen molar-refractivity contribution in [2.75, 3.05) is 23.3 Å². The number of nitrogens with one attached hydrogen (secondary N) is 1. The Kier molecular flexibility index (Phi) is 3.94. The van der Waals surface area contributed by atoms with Crippen LogP contribution in [0.1, 0.15) is 17.8 Å². The summed E-state index contributed by atoms with van der Waals surface area (Å²) in [5.74, 6) is 0. The zero-order valence-corrected chi connectivity index (χ0v) is 11.5. The fraction of sp³-hybridized carbons (Fsp3) is 0.357. The van der Waals surface area contributed by atoms with Gasteiger partial charge in [-0.05, 0) is 44.5 Å². The van der Waals surface area contributed by atoms with Gasteiger partial charge in [0.25, 0.3) is 0 Å². The number of nitrogens with zero attached hydrogens (tertiary/aromatic N) is 2. The lowest BCUT2D eigenvalue weighted by Crippen LogP contribution is -2.09. The maximum absolute atomic E-state index is 5.76. The number of nitrogen functional groups attached to an aromatic ring is 2. The number of nitrogens with two attached hydrogens (primary N) is 2. The van der Waals surface area contributed by atoms with Gasteiger partial charge >= 0.3 is 0 Å². The van der Waals surface area contributed by atoms with Crippen LogP contribution < -0.4 is 16.8 Å². The Morgan fingerprint density at radius 1 is 1.16 bits per heavy atom. The van der Waals surface area contributed by atoms with Crippen LogP contribution in [0.2, 0.25) is 0 Å². The first kappa shape index (κ1) is 13.3. The molecule has 0 bridgehead atoms. The summed E-state index contributed by atoms with van der Waals surface area (Å²) in [4.78, 5) is 0. The predicted octanol–water partition coefficient (Wildman–Crippen LogP) is 2.17. The monoisotopic (exact) mass is 259 g/mol. The summed E-state index contributed by atoms with van der Waals surface area (Å²) in [6, 6.07) is 7.71. The van der Waals surface area contributed by atoms with Crippen molar-refractivity contribution in [3.8, 4) is 0 Å². The van der Waals surface area contributed by atoms with Crippen LogP contribution in [-0.2, 0) is 6.54 Å². The van der Waals surface area contributed by atoms with Crippen molar-refractivity contribution in [2.24, 2.45) is 0 Å². The lowest BCUT2D eigenvalue weighted by molar-refractivity contribution is 0.574. The molecule has 19 heavy (non-hydrogen) atoms. The molecule has 1 heterocycles. The molecule has 0 unspecified atom stereocenters. The van der Waals surface area contributed by atoms with Crippen LogP contribution >= 0.6 is 0 Å². The highest BCUT2D eigenvalue weighted by Gasteiger charge is 2.00. The largest absolute Gasteiger partial charge is 0.397 e. The van der Waals surface area contributed by atoms with Gasteiger partial charge < -0.3 is 16.8 Å². The molecule has 0 spiro atoms. The second kappa shape index (κ2) is 5.65. The van der Waals surface area contributed by atoms with Crippen LogP contribution in [0.15, 0.2) is 24.3 Å². The van der Waals surface area contributed by atoms with Crippen LogP contribution in [0.25, 0.3) is 0 Å². The van der Waals surface area contributed by atoms with E-state index in [1.165, 1.54) is 5.69 Å². The van der Waals surface area contributed by atoms with Crippen LogP contribution in [-0.4, -0.2) is 16.3 Å². The molecular formula is C14H21N5. The van der Waals surface area contributed by atoms with Gasteiger partial charge in [-0.3, -0.25) is 4.68 Å². The normalized spacial score (nSPS) is 10.6. The second-order valence-electron chi connectivity index (χ2n) is 4.77. The van der Waals surface area contributed by atoms with Gasteiger partial charge in [0, 0.05) is 24.5 Å². The zero-order chi connectivity index (χ0) is 13.8. The van der Waals surface area contributed by atoms with Crippen LogP contribution in [0, 0.1) is 13.8 Å². The number of benzene rings is 1. The van der Waals surface area contributed by atoms with Gasteiger partial charge in [-0.2, -0.15) is 5.10 Å². The molecule has 0 fully saturated rings. The first-order chi connectivity index (χ1) is 9.06. The molecule has 0 amide bonds. The molecule has 1 aromatic heterocycles. The molecule has 0 saturated heterocycles. The molecule has 0 atom stereocenters. The van der Waals surface area contributed by atoms with E-state index >= 15 is 0 Å². The Bertz CT molecular complexity index is 559. The summed E-state index contributed by atoms with van der Waals surface area (Å²) in [6.07, 6.45) is 1.01. The Labute approximate surface area is 113 Å². The Morgan fingerprint density at radius 2 is 1.95 bits per heavy atom. The fourth-order valence-corrected chi connectivity index (χ4v) is 2.05. The maximum atomic E-state index is 5.76. The molecule has 0 radical (unpaired) electrons. The van der Waals surface area contributed by atoms with Crippen LogP contribution in [0.4, 0.5) is 17.1 Å². The van der Waals surface area contributed by atoms with Crippen LogP contribution in [0.5, 0.6) is 0 Å². The van der Waals surface area contributed by atoms with Crippen molar-refractivity contribution in [3.05, 3.63) is 35.7 Å². The molecule has 1 aromatic carbocycles. The number of hydrogen-bond donors (Lipinski definition) is 3. The van der Waals surface area contributed by atoms with Gasteiger partial charge in [-0.1, -0.05) is 0 Å². The van der Waals surface area contributed by atoms with Crippen molar-refractivity contribution in [2.45, 2.75) is 26.8 Å². The van der Waals surface area contributed by atoms with E-state index < -0.39 is 0 Å². The van der Waals surface area contributed by atoms with E-state index in [0.717, 1.165) is 30.9 Å². The van der Waals surface area contributed by atoms with Gasteiger partial charge in [-0.25, -0.2) is 0 Å². The highest BCUT2D eigenvalue weighted by atomic mass is 15.3. The topological polar surface area (TPSA) is 81.9 Å². The molecular weight excluding hydrogens is 238 g/mol. The van der Waals surface area contributed by atoms with E-state index in [4.69, 9.17) is 11.5 Å². The van der Waals surface area contributed by atoms with Crippen molar-refractivity contribution < 1.29 is 0 Å². The van der Waals surface area contributed by atoms with Crippen molar-refractivity contribution in [3.63, 3.8) is 0 Å². The van der Waals surface area contributed by atoms with Gasteiger partial charge in [0.1, 0.15) is 0 Å². The SMILES string of the molecule is Cc1cc(C)n(CCCNc2ccc(N)c(N)c2)n1. The number of anilines is 3. The number of aryl methyl sites for hydroxylation is 3. The number of rotatable bonds is 5. The summed E-state index contributed by atoms with van der Waals surface area (Å²) in [6.45, 7) is 5.88. The molecule has 0 saturated carbocycles. The molecule has 0 aliphatic carbocycles. The standard InChI is InChI=1S/C14H21N5/c1-10-8-11(2)19(18-10)7-3-6-17-12-4-5-13(15)14(16)9-12/h4-5,8-9,17H,3,6-7,15-16H2,1-2H3. The van der Waals surface area contributed by atoms with E-state index in [1.807, 2.05) is 29.8 Å². The molecule has 5 N–H and O–H groups in total. The average molecular weight is 259 g/mol. The third-order valence-corrected chi connectivity index (χ3v) is 3.07. The summed E-state index contributed by atoms with van der Waals surface area (Å²) in [5.41, 5.74) is 15.9. The fourth-order valence-electron chi connectivity index (χ4n) is 2.05. The van der Waals surface area contributed by atoms with E-state index in [9.17, 15) is 0 Å². The maximum Gasteiger partial charge on any atom is 0.0596 e. The molecule has 2 aromatic rings. The average Bonchev–Trinajstić information content (AvgIpc) is 2.68. The third-order valence-electron chi connectivity index (χ3n) is 3.07. The van der Waals surface area contributed by atoms with E-state index in [2.05, 4.69) is 23.4 Å². The molecule has 2 rings (SSSR count). The Hall–Kier alpha value is -2.17. The van der Waals surface area contributed by atoms with Crippen molar-refractivity contribution in [1.29, 1.82) is 0 Å². The molecule has 102 valence electrons. The predicted molar refractivity (Wildman–Crippen MR) is 80.1 cm³/mol. The summed E-state index contributed by atoms with van der Waals surface area (Å²) >= 11 is 0. The number of hydrogen-bond acceptors (Lipinski definition) is 4. The van der Waals surface area contributed by atoms with E-state index in [-0.39, 0.29) is 0 Å². The lowest BCUT2D eigenvalue weighted by atomic mass is 10.2. The van der Waals surface area contributed by atoms with E-state index in [0.29, 0.717) is 11.4 Å². The third kappa shape index (κ3) is 3.40. The highest BCUT2D eigenvalue weighted by Crippen LogP contribution is 2.19. The van der Waals surface area contributed by atoms with Crippen molar-refractivity contribution in [1.82, 2.24) is 9.78 Å². The zero-order valence-electron chi connectivity index (χ0n) is 11.5. The summed E-state index contributed by atoms with van der Waals surface area (Å²) in [5, 5.41) is 7.77. The smallest absolute Gasteiger partial charge is 0.0596 e. The highest BCUT2D eigenvalue weighted by molar-refractivity contribution is 5.69. The molecule has 0 aliphatic heterocycles. The minimum Gasteiger partial charge on any atom is -0.397 e. The summed E-state index contributed by atoms with van der Waals surface area (Å²) < 4.78 is 2.04.